The predicted molar refractivity (Wildman–Crippen MR) is 38.2 cm³/mol. The molecule has 0 saturated heterocycles. The molecular weight excluding hydrogens is 298 g/mol. The molecule has 0 radical (unpaired) electrons. The van der Waals surface area contributed by atoms with Gasteiger partial charge in [0.1, 0.15) is 0 Å². The van der Waals surface area contributed by atoms with Crippen molar-refractivity contribution < 1.29 is 24.1 Å². The molecule has 0 saturated carbocycles. The molecule has 0 aromatic rings. The minimum atomic E-state index is 0.616. The van der Waals surface area contributed by atoms with E-state index in [2.05, 4.69) is 11.9 Å². The second-order valence-corrected chi connectivity index (χ2v) is 4.04. The molecule has 0 spiro atoms. The summed E-state index contributed by atoms with van der Waals surface area (Å²) >= 11 is 1.42. The molecule has 0 aromatic heterocycles. The Kier molecular flexibility index (Phi) is 5.04. The molecular formula is C7H9NOW. The Hall–Kier alpha value is -0.492. The van der Waals surface area contributed by atoms with E-state index in [0.29, 0.717) is 12.1 Å². The second-order valence-electron chi connectivity index (χ2n) is 1.73. The average Bonchev–Trinajstić information content (AvgIpc) is 1.85. The fourth-order valence-corrected chi connectivity index (χ4v) is 0.586. The molecule has 0 unspecified atom stereocenters. The molecule has 0 rings (SSSR count). The second kappa shape index (κ2) is 5.31. The van der Waals surface area contributed by atoms with Crippen LogP contribution in [0.4, 0.5) is 0 Å². The molecule has 0 atom stereocenters. The van der Waals surface area contributed by atoms with Crippen LogP contribution in [0.15, 0.2) is 24.4 Å². The third kappa shape index (κ3) is 5.64. The van der Waals surface area contributed by atoms with Crippen molar-refractivity contribution in [3.63, 3.8) is 0 Å². The van der Waals surface area contributed by atoms with Crippen molar-refractivity contribution in [3.8, 4) is 0 Å². The maximum absolute atomic E-state index is 9.85. The van der Waals surface area contributed by atoms with Crippen molar-refractivity contribution in [2.24, 2.45) is 0 Å². The first-order valence-corrected chi connectivity index (χ1v) is 4.21. The van der Waals surface area contributed by atoms with E-state index in [1.165, 1.54) is 23.3 Å². The van der Waals surface area contributed by atoms with Crippen LogP contribution >= 0.6 is 0 Å². The first-order valence-electron chi connectivity index (χ1n) is 2.74. The van der Waals surface area contributed by atoms with Gasteiger partial charge in [-0.2, -0.15) is 0 Å². The normalized spacial score (nSPS) is 9.30. The van der Waals surface area contributed by atoms with Gasteiger partial charge in [0.25, 0.3) is 0 Å². The Labute approximate surface area is 71.4 Å². The Morgan fingerprint density at radius 3 is 2.60 bits per heavy atom. The quantitative estimate of drug-likeness (QED) is 0.596. The topological polar surface area (TPSA) is 29.1 Å². The average molecular weight is 307 g/mol. The minimum absolute atomic E-state index is 0.616. The molecule has 0 aliphatic carbocycles. The van der Waals surface area contributed by atoms with Gasteiger partial charge >= 0.3 is 71.1 Å². The number of carbonyl (C=O) groups is 1. The molecule has 1 N–H and O–H groups in total. The number of hydrogen-bond acceptors (Lipinski definition) is 1. The molecule has 0 bridgehead atoms. The third-order valence-corrected chi connectivity index (χ3v) is 1.25. The number of carbonyl (C=O) groups excluding carboxylic acids is 1. The SMILES string of the molecule is C=C(/C=C\[C](C)=[W])NC=O. The number of rotatable bonds is 4. The number of amides is 1. The fourth-order valence-electron chi connectivity index (χ4n) is 0.342. The van der Waals surface area contributed by atoms with Gasteiger partial charge in [0.15, 0.2) is 0 Å². The van der Waals surface area contributed by atoms with Crippen LogP contribution in [0.3, 0.4) is 0 Å². The summed E-state index contributed by atoms with van der Waals surface area (Å²) in [4.78, 5) is 9.85. The van der Waals surface area contributed by atoms with E-state index in [1.54, 1.807) is 6.08 Å². The number of allylic oxidation sites excluding steroid dienone is 2. The van der Waals surface area contributed by atoms with Crippen molar-refractivity contribution >= 4 is 10.3 Å². The number of nitrogens with one attached hydrogen (secondary N) is 1. The Bertz CT molecular complexity index is 184. The summed E-state index contributed by atoms with van der Waals surface area (Å²) < 4.78 is 1.26. The van der Waals surface area contributed by atoms with E-state index in [-0.39, 0.29) is 0 Å². The van der Waals surface area contributed by atoms with Crippen LogP contribution in [0.1, 0.15) is 6.92 Å². The van der Waals surface area contributed by atoms with Gasteiger partial charge in [0.05, 0.1) is 0 Å². The summed E-state index contributed by atoms with van der Waals surface area (Å²) in [5, 5.41) is 2.43. The summed E-state index contributed by atoms with van der Waals surface area (Å²) in [6.07, 6.45) is 4.31. The molecule has 0 aromatic carbocycles. The first kappa shape index (κ1) is 9.51. The van der Waals surface area contributed by atoms with Crippen molar-refractivity contribution in [3.05, 3.63) is 24.4 Å². The molecule has 10 heavy (non-hydrogen) atoms. The van der Waals surface area contributed by atoms with Crippen molar-refractivity contribution in [1.82, 2.24) is 5.32 Å². The van der Waals surface area contributed by atoms with Gasteiger partial charge in [0.2, 0.25) is 0 Å². The zero-order valence-corrected chi connectivity index (χ0v) is 8.69. The molecule has 2 nitrogen and oxygen atoms in total. The van der Waals surface area contributed by atoms with E-state index < -0.39 is 0 Å². The van der Waals surface area contributed by atoms with Crippen LogP contribution in [0.5, 0.6) is 0 Å². The van der Waals surface area contributed by atoms with E-state index in [4.69, 9.17) is 0 Å². The Morgan fingerprint density at radius 1 is 1.60 bits per heavy atom. The molecule has 54 valence electrons. The summed E-state index contributed by atoms with van der Waals surface area (Å²) in [5.74, 6) is 0. The van der Waals surface area contributed by atoms with Crippen LogP contribution in [0.2, 0.25) is 0 Å². The van der Waals surface area contributed by atoms with Crippen LogP contribution in [-0.4, -0.2) is 10.3 Å². The summed E-state index contributed by atoms with van der Waals surface area (Å²) in [6, 6.07) is 0. The van der Waals surface area contributed by atoms with Gasteiger partial charge in [-0.25, -0.2) is 0 Å². The monoisotopic (exact) mass is 307 g/mol. The predicted octanol–water partition coefficient (Wildman–Crippen LogP) is 0.541. The molecule has 1 amide bonds. The van der Waals surface area contributed by atoms with Gasteiger partial charge < -0.3 is 0 Å². The molecule has 3 heteroatoms. The molecule has 0 aliphatic heterocycles. The first-order chi connectivity index (χ1) is 4.66. The van der Waals surface area contributed by atoms with Gasteiger partial charge in [-0.15, -0.1) is 0 Å². The van der Waals surface area contributed by atoms with Crippen LogP contribution in [-0.2, 0) is 24.1 Å². The van der Waals surface area contributed by atoms with Crippen LogP contribution in [0.25, 0.3) is 0 Å². The van der Waals surface area contributed by atoms with Crippen LogP contribution < -0.4 is 5.32 Å². The van der Waals surface area contributed by atoms with Gasteiger partial charge in [-0.05, 0) is 0 Å². The Morgan fingerprint density at radius 2 is 2.20 bits per heavy atom. The zero-order chi connectivity index (χ0) is 7.98. The van der Waals surface area contributed by atoms with Gasteiger partial charge in [0, 0.05) is 0 Å². The van der Waals surface area contributed by atoms with Crippen molar-refractivity contribution in [1.29, 1.82) is 0 Å². The summed E-state index contributed by atoms with van der Waals surface area (Å²) in [5.41, 5.74) is 0.621. The third-order valence-electron chi connectivity index (χ3n) is 0.764. The van der Waals surface area contributed by atoms with E-state index in [9.17, 15) is 4.79 Å². The zero-order valence-electron chi connectivity index (χ0n) is 5.76. The summed E-state index contributed by atoms with van der Waals surface area (Å²) in [7, 11) is 0. The van der Waals surface area contributed by atoms with E-state index in [0.717, 1.165) is 0 Å². The molecule has 0 heterocycles. The van der Waals surface area contributed by atoms with Gasteiger partial charge in [-0.3, -0.25) is 0 Å². The maximum atomic E-state index is 9.85. The molecule has 0 aliphatic rings. The molecule has 0 fully saturated rings. The van der Waals surface area contributed by atoms with Crippen LogP contribution in [0, 0.1) is 0 Å². The summed E-state index contributed by atoms with van der Waals surface area (Å²) in [6.45, 7) is 5.60. The van der Waals surface area contributed by atoms with E-state index in [1.807, 2.05) is 13.0 Å². The van der Waals surface area contributed by atoms with Crippen molar-refractivity contribution in [2.45, 2.75) is 6.92 Å². The number of hydrogen-bond donors (Lipinski definition) is 1. The van der Waals surface area contributed by atoms with Crippen molar-refractivity contribution in [2.75, 3.05) is 0 Å². The fraction of sp³-hybridized carbons (Fsp3) is 0.143. The standard InChI is InChI=1S/C7H9NO.W/c1-3-4-5-7(2)8-6-9;/h4-6H,2H2,1H3,(H,8,9);/b5-4-;. The van der Waals surface area contributed by atoms with E-state index >= 15 is 0 Å². The van der Waals surface area contributed by atoms with Gasteiger partial charge in [-0.1, -0.05) is 0 Å². The Balaban J connectivity index is 3.77.